The first-order valence-corrected chi connectivity index (χ1v) is 7.81. The Kier molecular flexibility index (Phi) is 4.99. The molecule has 0 fully saturated rings. The molecule has 1 heterocycles. The SMILES string of the molecule is COc1ccc(CNC(=O)c2nn(-c3ccccc3)cc2OC)cc1. The lowest BCUT2D eigenvalue weighted by Gasteiger charge is -2.06. The summed E-state index contributed by atoms with van der Waals surface area (Å²) in [4.78, 5) is 12.5. The van der Waals surface area contributed by atoms with Crippen molar-refractivity contribution in [1.82, 2.24) is 15.1 Å². The molecule has 0 aliphatic carbocycles. The number of para-hydroxylation sites is 1. The molecule has 6 heteroatoms. The number of aromatic nitrogens is 2. The molecule has 0 atom stereocenters. The van der Waals surface area contributed by atoms with E-state index in [1.54, 1.807) is 18.0 Å². The van der Waals surface area contributed by atoms with Crippen LogP contribution in [0.2, 0.25) is 0 Å². The third-order valence-electron chi connectivity index (χ3n) is 3.75. The van der Waals surface area contributed by atoms with E-state index < -0.39 is 0 Å². The van der Waals surface area contributed by atoms with Crippen molar-refractivity contribution < 1.29 is 14.3 Å². The lowest BCUT2D eigenvalue weighted by Crippen LogP contribution is -2.24. The van der Waals surface area contributed by atoms with Gasteiger partial charge in [0.2, 0.25) is 0 Å². The number of amides is 1. The summed E-state index contributed by atoms with van der Waals surface area (Å²) >= 11 is 0. The molecule has 0 aliphatic heterocycles. The van der Waals surface area contributed by atoms with Crippen LogP contribution in [-0.2, 0) is 6.54 Å². The van der Waals surface area contributed by atoms with Crippen LogP contribution in [0.3, 0.4) is 0 Å². The van der Waals surface area contributed by atoms with Crippen molar-refractivity contribution in [2.24, 2.45) is 0 Å². The molecule has 25 heavy (non-hydrogen) atoms. The molecular weight excluding hydrogens is 318 g/mol. The monoisotopic (exact) mass is 337 g/mol. The van der Waals surface area contributed by atoms with Gasteiger partial charge < -0.3 is 14.8 Å². The summed E-state index contributed by atoms with van der Waals surface area (Å²) < 4.78 is 12.0. The van der Waals surface area contributed by atoms with E-state index in [4.69, 9.17) is 9.47 Å². The van der Waals surface area contributed by atoms with Crippen LogP contribution in [0.1, 0.15) is 16.1 Å². The van der Waals surface area contributed by atoms with Crippen molar-refractivity contribution in [1.29, 1.82) is 0 Å². The molecule has 1 aromatic heterocycles. The van der Waals surface area contributed by atoms with Gasteiger partial charge in [0.15, 0.2) is 11.4 Å². The average molecular weight is 337 g/mol. The number of carbonyl (C=O) groups is 1. The van der Waals surface area contributed by atoms with Gasteiger partial charge in [0.1, 0.15) is 5.75 Å². The second-order valence-corrected chi connectivity index (χ2v) is 5.36. The van der Waals surface area contributed by atoms with Crippen LogP contribution in [0.5, 0.6) is 11.5 Å². The number of rotatable bonds is 6. The summed E-state index contributed by atoms with van der Waals surface area (Å²) in [5.74, 6) is 0.914. The lowest BCUT2D eigenvalue weighted by molar-refractivity contribution is 0.0942. The van der Waals surface area contributed by atoms with Crippen LogP contribution >= 0.6 is 0 Å². The van der Waals surface area contributed by atoms with E-state index in [-0.39, 0.29) is 11.6 Å². The van der Waals surface area contributed by atoms with E-state index in [0.29, 0.717) is 12.3 Å². The van der Waals surface area contributed by atoms with Crippen molar-refractivity contribution >= 4 is 5.91 Å². The molecule has 0 spiro atoms. The first-order chi connectivity index (χ1) is 12.2. The standard InChI is InChI=1S/C19H19N3O3/c1-24-16-10-8-14(9-11-16)12-20-19(23)18-17(25-2)13-22(21-18)15-6-4-3-5-7-15/h3-11,13H,12H2,1-2H3,(H,20,23). The molecule has 128 valence electrons. The zero-order valence-electron chi connectivity index (χ0n) is 14.1. The van der Waals surface area contributed by atoms with Crippen molar-refractivity contribution in [3.63, 3.8) is 0 Å². The van der Waals surface area contributed by atoms with Gasteiger partial charge in [-0.15, -0.1) is 0 Å². The third-order valence-corrected chi connectivity index (χ3v) is 3.75. The normalized spacial score (nSPS) is 10.3. The molecule has 0 saturated heterocycles. The molecule has 3 rings (SSSR count). The molecule has 1 N–H and O–H groups in total. The summed E-state index contributed by atoms with van der Waals surface area (Å²) in [7, 11) is 3.14. The second kappa shape index (κ2) is 7.53. The fraction of sp³-hybridized carbons (Fsp3) is 0.158. The Balaban J connectivity index is 1.73. The zero-order valence-corrected chi connectivity index (χ0v) is 14.1. The van der Waals surface area contributed by atoms with E-state index in [0.717, 1.165) is 17.0 Å². The highest BCUT2D eigenvalue weighted by molar-refractivity contribution is 5.94. The van der Waals surface area contributed by atoms with E-state index in [2.05, 4.69) is 10.4 Å². The minimum atomic E-state index is -0.289. The number of methoxy groups -OCH3 is 2. The summed E-state index contributed by atoms with van der Waals surface area (Å²) in [6.45, 7) is 0.393. The van der Waals surface area contributed by atoms with Crippen LogP contribution in [0.15, 0.2) is 60.8 Å². The van der Waals surface area contributed by atoms with Gasteiger partial charge in [-0.2, -0.15) is 5.10 Å². The fourth-order valence-corrected chi connectivity index (χ4v) is 2.39. The maximum absolute atomic E-state index is 12.5. The molecule has 0 bridgehead atoms. The smallest absolute Gasteiger partial charge is 0.275 e. The van der Waals surface area contributed by atoms with Gasteiger partial charge in [0.05, 0.1) is 26.1 Å². The molecule has 6 nitrogen and oxygen atoms in total. The number of hydrogen-bond donors (Lipinski definition) is 1. The highest BCUT2D eigenvalue weighted by Gasteiger charge is 2.18. The van der Waals surface area contributed by atoms with Crippen LogP contribution < -0.4 is 14.8 Å². The van der Waals surface area contributed by atoms with Crippen LogP contribution in [0.25, 0.3) is 5.69 Å². The Morgan fingerprint density at radius 2 is 1.76 bits per heavy atom. The third kappa shape index (κ3) is 3.80. The number of nitrogens with zero attached hydrogens (tertiary/aromatic N) is 2. The minimum Gasteiger partial charge on any atom is -0.497 e. The Hall–Kier alpha value is -3.28. The summed E-state index contributed by atoms with van der Waals surface area (Å²) in [5.41, 5.74) is 2.07. The molecule has 0 saturated carbocycles. The van der Waals surface area contributed by atoms with Crippen LogP contribution in [0.4, 0.5) is 0 Å². The van der Waals surface area contributed by atoms with Crippen LogP contribution in [-0.4, -0.2) is 29.9 Å². The minimum absolute atomic E-state index is 0.250. The molecule has 0 aliphatic rings. The molecule has 1 amide bonds. The summed E-state index contributed by atoms with van der Waals surface area (Å²) in [6.07, 6.45) is 1.69. The van der Waals surface area contributed by atoms with Gasteiger partial charge in [-0.05, 0) is 29.8 Å². The van der Waals surface area contributed by atoms with E-state index in [9.17, 15) is 4.79 Å². The molecule has 3 aromatic rings. The number of benzene rings is 2. The average Bonchev–Trinajstić information content (AvgIpc) is 3.12. The van der Waals surface area contributed by atoms with Crippen molar-refractivity contribution in [3.05, 3.63) is 72.1 Å². The molecule has 0 radical (unpaired) electrons. The van der Waals surface area contributed by atoms with Gasteiger partial charge in [0, 0.05) is 6.54 Å². The van der Waals surface area contributed by atoms with Crippen molar-refractivity contribution in [2.45, 2.75) is 6.54 Å². The predicted molar refractivity (Wildman–Crippen MR) is 94.3 cm³/mol. The number of carbonyl (C=O) groups excluding carboxylic acids is 1. The van der Waals surface area contributed by atoms with Crippen molar-refractivity contribution in [2.75, 3.05) is 14.2 Å². The summed E-state index contributed by atoms with van der Waals surface area (Å²) in [5, 5.41) is 7.21. The quantitative estimate of drug-likeness (QED) is 0.751. The maximum atomic E-state index is 12.5. The largest absolute Gasteiger partial charge is 0.497 e. The fourth-order valence-electron chi connectivity index (χ4n) is 2.39. The van der Waals surface area contributed by atoms with Gasteiger partial charge in [-0.3, -0.25) is 4.79 Å². The number of nitrogens with one attached hydrogen (secondary N) is 1. The molecular formula is C19H19N3O3. The lowest BCUT2D eigenvalue weighted by atomic mass is 10.2. The highest BCUT2D eigenvalue weighted by Crippen LogP contribution is 2.19. The van der Waals surface area contributed by atoms with Gasteiger partial charge in [-0.1, -0.05) is 30.3 Å². The van der Waals surface area contributed by atoms with Crippen LogP contribution in [0, 0.1) is 0 Å². The Morgan fingerprint density at radius 1 is 1.04 bits per heavy atom. The Labute approximate surface area is 146 Å². The first-order valence-electron chi connectivity index (χ1n) is 7.81. The highest BCUT2D eigenvalue weighted by atomic mass is 16.5. The van der Waals surface area contributed by atoms with E-state index in [1.807, 2.05) is 54.6 Å². The van der Waals surface area contributed by atoms with Gasteiger partial charge >= 0.3 is 0 Å². The van der Waals surface area contributed by atoms with Gasteiger partial charge in [-0.25, -0.2) is 4.68 Å². The van der Waals surface area contributed by atoms with Gasteiger partial charge in [0.25, 0.3) is 5.91 Å². The summed E-state index contributed by atoms with van der Waals surface area (Å²) in [6, 6.07) is 17.1. The first kappa shape index (κ1) is 16.6. The zero-order chi connectivity index (χ0) is 17.6. The topological polar surface area (TPSA) is 65.4 Å². The Morgan fingerprint density at radius 3 is 2.40 bits per heavy atom. The van der Waals surface area contributed by atoms with Crippen molar-refractivity contribution in [3.8, 4) is 17.2 Å². The maximum Gasteiger partial charge on any atom is 0.275 e. The van der Waals surface area contributed by atoms with E-state index in [1.165, 1.54) is 7.11 Å². The number of hydrogen-bond acceptors (Lipinski definition) is 4. The predicted octanol–water partition coefficient (Wildman–Crippen LogP) is 2.82. The van der Waals surface area contributed by atoms with E-state index >= 15 is 0 Å². The second-order valence-electron chi connectivity index (χ2n) is 5.36. The molecule has 2 aromatic carbocycles. The molecule has 0 unspecified atom stereocenters. The number of ether oxygens (including phenoxy) is 2. The Bertz CT molecular complexity index is 842.